The van der Waals surface area contributed by atoms with Crippen molar-refractivity contribution in [2.24, 2.45) is 0 Å². The lowest BCUT2D eigenvalue weighted by atomic mass is 10.3. The molecule has 2 saturated heterocycles. The number of aliphatic hydroxyl groups is 1. The fraction of sp³-hybridized carbons (Fsp3) is 0.625. The van der Waals surface area contributed by atoms with Crippen molar-refractivity contribution < 1.29 is 14.4 Å². The molecule has 0 spiro atoms. The highest BCUT2D eigenvalue weighted by atomic mass is 16.5. The predicted molar refractivity (Wildman–Crippen MR) is 98.7 cm³/mol. The standard InChI is InChI=1S/C16H24N8O3/c1-10-19-12(27-22-10)8-18-14-13(17)15(24-3-2-11(25)9-24)21-16(20-14)23-4-6-26-7-5-23/h11,25H,2-9,17H2,1H3,(H,18,20,21). The van der Waals surface area contributed by atoms with Crippen molar-refractivity contribution in [2.45, 2.75) is 26.0 Å². The largest absolute Gasteiger partial charge is 0.393 e. The van der Waals surface area contributed by atoms with Crippen LogP contribution < -0.4 is 20.9 Å². The van der Waals surface area contributed by atoms with Crippen LogP contribution in [-0.2, 0) is 11.3 Å². The van der Waals surface area contributed by atoms with Gasteiger partial charge in [-0.1, -0.05) is 5.16 Å². The highest BCUT2D eigenvalue weighted by Crippen LogP contribution is 2.32. The first-order valence-electron chi connectivity index (χ1n) is 9.06. The molecule has 2 aromatic heterocycles. The average molecular weight is 376 g/mol. The lowest BCUT2D eigenvalue weighted by Crippen LogP contribution is -2.38. The fourth-order valence-electron chi connectivity index (χ4n) is 3.23. The van der Waals surface area contributed by atoms with Crippen LogP contribution in [0.3, 0.4) is 0 Å². The van der Waals surface area contributed by atoms with Gasteiger partial charge in [0.25, 0.3) is 0 Å². The Morgan fingerprint density at radius 3 is 2.67 bits per heavy atom. The van der Waals surface area contributed by atoms with Gasteiger partial charge >= 0.3 is 0 Å². The van der Waals surface area contributed by atoms with Gasteiger partial charge in [-0.2, -0.15) is 15.0 Å². The summed E-state index contributed by atoms with van der Waals surface area (Å²) in [5, 5.41) is 16.9. The van der Waals surface area contributed by atoms with Crippen LogP contribution in [0.4, 0.5) is 23.3 Å². The van der Waals surface area contributed by atoms with Gasteiger partial charge in [0, 0.05) is 26.2 Å². The molecule has 0 amide bonds. The third kappa shape index (κ3) is 3.88. The Kier molecular flexibility index (Phi) is 4.94. The van der Waals surface area contributed by atoms with Gasteiger partial charge in [-0.25, -0.2) is 0 Å². The van der Waals surface area contributed by atoms with Gasteiger partial charge in [-0.15, -0.1) is 0 Å². The van der Waals surface area contributed by atoms with E-state index in [1.54, 1.807) is 6.92 Å². The molecule has 11 nitrogen and oxygen atoms in total. The normalized spacial score (nSPS) is 20.3. The molecule has 2 aliphatic heterocycles. The Morgan fingerprint density at radius 2 is 2.00 bits per heavy atom. The number of nitrogens with zero attached hydrogens (tertiary/aromatic N) is 6. The molecule has 0 radical (unpaired) electrons. The minimum Gasteiger partial charge on any atom is -0.393 e. The van der Waals surface area contributed by atoms with Crippen molar-refractivity contribution in [1.82, 2.24) is 20.1 Å². The number of hydrogen-bond acceptors (Lipinski definition) is 11. The first kappa shape index (κ1) is 17.7. The van der Waals surface area contributed by atoms with Crippen molar-refractivity contribution in [3.05, 3.63) is 11.7 Å². The lowest BCUT2D eigenvalue weighted by Gasteiger charge is -2.29. The van der Waals surface area contributed by atoms with Gasteiger partial charge in [0.15, 0.2) is 17.5 Å². The summed E-state index contributed by atoms with van der Waals surface area (Å²) >= 11 is 0. The van der Waals surface area contributed by atoms with Crippen LogP contribution in [0.15, 0.2) is 4.52 Å². The van der Waals surface area contributed by atoms with Gasteiger partial charge in [0.2, 0.25) is 11.8 Å². The van der Waals surface area contributed by atoms with E-state index in [1.165, 1.54) is 0 Å². The average Bonchev–Trinajstić information content (AvgIpc) is 3.30. The molecule has 2 aromatic rings. The van der Waals surface area contributed by atoms with E-state index < -0.39 is 0 Å². The van der Waals surface area contributed by atoms with Gasteiger partial charge in [0.05, 0.1) is 25.9 Å². The zero-order valence-electron chi connectivity index (χ0n) is 15.3. The van der Waals surface area contributed by atoms with E-state index >= 15 is 0 Å². The van der Waals surface area contributed by atoms with E-state index in [-0.39, 0.29) is 6.10 Å². The number of anilines is 4. The second kappa shape index (κ2) is 7.53. The molecule has 0 aromatic carbocycles. The summed E-state index contributed by atoms with van der Waals surface area (Å²) in [6, 6.07) is 0. The molecule has 4 rings (SSSR count). The summed E-state index contributed by atoms with van der Waals surface area (Å²) in [6.45, 7) is 5.99. The number of aryl methyl sites for hydroxylation is 1. The summed E-state index contributed by atoms with van der Waals surface area (Å²) in [6.07, 6.45) is 0.323. The van der Waals surface area contributed by atoms with Gasteiger partial charge in [0.1, 0.15) is 5.69 Å². The van der Waals surface area contributed by atoms with E-state index in [4.69, 9.17) is 15.0 Å². The second-order valence-corrected chi connectivity index (χ2v) is 6.69. The Labute approximate surface area is 156 Å². The number of aromatic nitrogens is 4. The maximum absolute atomic E-state index is 9.90. The molecule has 4 N–H and O–H groups in total. The van der Waals surface area contributed by atoms with Gasteiger partial charge in [-0.3, -0.25) is 0 Å². The topological polar surface area (TPSA) is 139 Å². The van der Waals surface area contributed by atoms with Gasteiger partial charge in [-0.05, 0) is 13.3 Å². The Balaban J connectivity index is 1.62. The number of morpholine rings is 1. The number of ether oxygens (including phenoxy) is 1. The number of hydrogen-bond donors (Lipinski definition) is 3. The first-order valence-corrected chi connectivity index (χ1v) is 9.06. The van der Waals surface area contributed by atoms with Crippen LogP contribution >= 0.6 is 0 Å². The smallest absolute Gasteiger partial charge is 0.245 e. The number of nitrogens with one attached hydrogen (secondary N) is 1. The maximum Gasteiger partial charge on any atom is 0.245 e. The van der Waals surface area contributed by atoms with Crippen molar-refractivity contribution in [2.75, 3.05) is 60.2 Å². The van der Waals surface area contributed by atoms with E-state index in [9.17, 15) is 5.11 Å². The SMILES string of the molecule is Cc1noc(CNc2nc(N3CCOCC3)nc(N3CCC(O)C3)c2N)n1. The van der Waals surface area contributed by atoms with E-state index in [1.807, 2.05) is 4.90 Å². The molecule has 27 heavy (non-hydrogen) atoms. The number of nitrogen functional groups attached to an aromatic ring is 1. The molecule has 4 heterocycles. The van der Waals surface area contributed by atoms with Crippen LogP contribution in [0.25, 0.3) is 0 Å². The Bertz CT molecular complexity index is 792. The molecule has 1 atom stereocenters. The minimum atomic E-state index is -0.371. The maximum atomic E-state index is 9.90. The first-order chi connectivity index (χ1) is 13.1. The zero-order chi connectivity index (χ0) is 18.8. The summed E-state index contributed by atoms with van der Waals surface area (Å²) in [5.41, 5.74) is 6.80. The molecule has 146 valence electrons. The number of nitrogens with two attached hydrogens (primary N) is 1. The van der Waals surface area contributed by atoms with Crippen LogP contribution in [0.1, 0.15) is 18.1 Å². The molecular weight excluding hydrogens is 352 g/mol. The predicted octanol–water partition coefficient (Wildman–Crippen LogP) is -0.230. The van der Waals surface area contributed by atoms with E-state index in [0.717, 1.165) is 0 Å². The molecule has 1 unspecified atom stereocenters. The van der Waals surface area contributed by atoms with Crippen molar-refractivity contribution in [3.63, 3.8) is 0 Å². The number of β-amino-alcohol motifs (C(OH)–C–C–N with tert-alkyl or cyclic N) is 1. The van der Waals surface area contributed by atoms with Crippen LogP contribution in [0.5, 0.6) is 0 Å². The summed E-state index contributed by atoms with van der Waals surface area (Å²) < 4.78 is 10.6. The fourth-order valence-corrected chi connectivity index (χ4v) is 3.23. The third-order valence-electron chi connectivity index (χ3n) is 4.65. The Morgan fingerprint density at radius 1 is 1.19 bits per heavy atom. The highest BCUT2D eigenvalue weighted by Gasteiger charge is 2.27. The summed E-state index contributed by atoms with van der Waals surface area (Å²) in [4.78, 5) is 17.5. The zero-order valence-corrected chi connectivity index (χ0v) is 15.3. The highest BCUT2D eigenvalue weighted by molar-refractivity contribution is 5.77. The molecule has 0 aliphatic carbocycles. The van der Waals surface area contributed by atoms with Crippen LogP contribution in [0.2, 0.25) is 0 Å². The molecule has 0 saturated carbocycles. The second-order valence-electron chi connectivity index (χ2n) is 6.69. The van der Waals surface area contributed by atoms with E-state index in [0.29, 0.717) is 87.3 Å². The molecule has 2 fully saturated rings. The quantitative estimate of drug-likeness (QED) is 0.637. The number of rotatable bonds is 5. The van der Waals surface area contributed by atoms with Crippen molar-refractivity contribution >= 4 is 23.3 Å². The minimum absolute atomic E-state index is 0.312. The molecule has 11 heteroatoms. The lowest BCUT2D eigenvalue weighted by molar-refractivity contribution is 0.122. The Hall–Kier alpha value is -2.66. The molecule has 2 aliphatic rings. The summed E-state index contributed by atoms with van der Waals surface area (Å²) in [7, 11) is 0. The van der Waals surface area contributed by atoms with E-state index in [2.05, 4.69) is 30.3 Å². The van der Waals surface area contributed by atoms with Crippen molar-refractivity contribution in [3.8, 4) is 0 Å². The van der Waals surface area contributed by atoms with Gasteiger partial charge < -0.3 is 35.2 Å². The monoisotopic (exact) mass is 376 g/mol. The number of aliphatic hydroxyl groups excluding tert-OH is 1. The van der Waals surface area contributed by atoms with Crippen LogP contribution in [-0.4, -0.2) is 70.7 Å². The third-order valence-corrected chi connectivity index (χ3v) is 4.65. The van der Waals surface area contributed by atoms with Crippen LogP contribution in [0, 0.1) is 6.92 Å². The summed E-state index contributed by atoms with van der Waals surface area (Å²) in [5.74, 6) is 2.76. The molecular formula is C16H24N8O3. The van der Waals surface area contributed by atoms with Crippen molar-refractivity contribution in [1.29, 1.82) is 0 Å². The molecule has 0 bridgehead atoms.